The molecule has 1 rings (SSSR count). The van der Waals surface area contributed by atoms with E-state index in [0.717, 1.165) is 5.69 Å². The number of amides is 1. The zero-order valence-corrected chi connectivity index (χ0v) is 12.7. The predicted molar refractivity (Wildman–Crippen MR) is 74.6 cm³/mol. The molecule has 1 amide bonds. The van der Waals surface area contributed by atoms with E-state index >= 15 is 0 Å². The van der Waals surface area contributed by atoms with E-state index in [4.69, 9.17) is 0 Å². The Kier molecular flexibility index (Phi) is 4.68. The highest BCUT2D eigenvalue weighted by molar-refractivity contribution is 5.81. The maximum absolute atomic E-state index is 11.6. The number of carbonyl (C=O) groups is 1. The molecule has 108 valence electrons. The van der Waals surface area contributed by atoms with Crippen molar-refractivity contribution < 1.29 is 4.79 Å². The van der Waals surface area contributed by atoms with Crippen LogP contribution in [0, 0.1) is 5.41 Å². The van der Waals surface area contributed by atoms with Crippen LogP contribution in [0.1, 0.15) is 40.3 Å². The number of nitrogens with zero attached hydrogens (tertiary/aromatic N) is 3. The van der Waals surface area contributed by atoms with Crippen LogP contribution in [-0.4, -0.2) is 34.5 Å². The van der Waals surface area contributed by atoms with E-state index in [0.29, 0.717) is 13.1 Å². The quantitative estimate of drug-likeness (QED) is 0.831. The van der Waals surface area contributed by atoms with Crippen LogP contribution < -0.4 is 10.6 Å². The van der Waals surface area contributed by atoms with Gasteiger partial charge in [0, 0.05) is 20.1 Å². The topological polar surface area (TPSA) is 71.8 Å². The highest BCUT2D eigenvalue weighted by Crippen LogP contribution is 2.14. The van der Waals surface area contributed by atoms with Crippen molar-refractivity contribution in [1.29, 1.82) is 0 Å². The van der Waals surface area contributed by atoms with E-state index in [2.05, 4.69) is 41.7 Å². The van der Waals surface area contributed by atoms with E-state index in [1.54, 1.807) is 7.05 Å². The first-order chi connectivity index (χ1) is 8.66. The second-order valence-electron chi connectivity index (χ2n) is 6.39. The van der Waals surface area contributed by atoms with Gasteiger partial charge in [-0.25, -0.2) is 4.68 Å². The van der Waals surface area contributed by atoms with Crippen LogP contribution in [0.3, 0.4) is 0 Å². The lowest BCUT2D eigenvalue weighted by molar-refractivity contribution is -0.128. The third kappa shape index (κ3) is 4.31. The van der Waals surface area contributed by atoms with E-state index < -0.39 is 5.41 Å². The Bertz CT molecular complexity index is 430. The Morgan fingerprint density at radius 1 is 1.32 bits per heavy atom. The summed E-state index contributed by atoms with van der Waals surface area (Å²) in [6, 6.07) is 0. The maximum Gasteiger partial charge on any atom is 0.226 e. The van der Waals surface area contributed by atoms with Gasteiger partial charge in [-0.05, 0) is 34.6 Å². The second kappa shape index (κ2) is 5.69. The number of carbonyl (C=O) groups excluding carboxylic acids is 1. The third-order valence-electron chi connectivity index (χ3n) is 2.94. The molecule has 0 aliphatic heterocycles. The van der Waals surface area contributed by atoms with Crippen LogP contribution in [0.15, 0.2) is 6.20 Å². The number of hydrogen-bond acceptors (Lipinski definition) is 4. The summed E-state index contributed by atoms with van der Waals surface area (Å²) < 4.78 is 1.84. The van der Waals surface area contributed by atoms with Gasteiger partial charge < -0.3 is 10.6 Å². The molecule has 6 heteroatoms. The van der Waals surface area contributed by atoms with Gasteiger partial charge in [0.1, 0.15) is 0 Å². The lowest BCUT2D eigenvalue weighted by Crippen LogP contribution is -2.41. The first-order valence-electron chi connectivity index (χ1n) is 6.51. The van der Waals surface area contributed by atoms with Gasteiger partial charge in [-0.2, -0.15) is 0 Å². The number of aromatic nitrogens is 3. The summed E-state index contributed by atoms with van der Waals surface area (Å²) in [6.45, 7) is 11.2. The van der Waals surface area contributed by atoms with Gasteiger partial charge in [0.05, 0.1) is 22.8 Å². The summed E-state index contributed by atoms with van der Waals surface area (Å²) in [7, 11) is 1.65. The largest absolute Gasteiger partial charge is 0.359 e. The fraction of sp³-hybridized carbons (Fsp3) is 0.769. The molecule has 1 aromatic heterocycles. The fourth-order valence-corrected chi connectivity index (χ4v) is 1.63. The first-order valence-corrected chi connectivity index (χ1v) is 6.51. The molecule has 0 radical (unpaired) electrons. The summed E-state index contributed by atoms with van der Waals surface area (Å²) in [6.07, 6.45) is 1.93. The highest BCUT2D eigenvalue weighted by Gasteiger charge is 2.26. The summed E-state index contributed by atoms with van der Waals surface area (Å²) in [5.41, 5.74) is 0.379. The van der Waals surface area contributed by atoms with Gasteiger partial charge in [-0.15, -0.1) is 5.10 Å². The van der Waals surface area contributed by atoms with Crippen LogP contribution >= 0.6 is 0 Å². The van der Waals surface area contributed by atoms with Crippen molar-refractivity contribution in [3.8, 4) is 0 Å². The number of rotatable bonds is 5. The van der Waals surface area contributed by atoms with E-state index in [-0.39, 0.29) is 11.4 Å². The van der Waals surface area contributed by atoms with Crippen molar-refractivity contribution in [2.45, 2.75) is 46.7 Å². The van der Waals surface area contributed by atoms with E-state index in [1.165, 1.54) is 0 Å². The zero-order chi connectivity index (χ0) is 14.7. The second-order valence-corrected chi connectivity index (χ2v) is 6.39. The van der Waals surface area contributed by atoms with Gasteiger partial charge in [-0.1, -0.05) is 5.21 Å². The van der Waals surface area contributed by atoms with Gasteiger partial charge in [0.25, 0.3) is 0 Å². The van der Waals surface area contributed by atoms with Gasteiger partial charge in [0.2, 0.25) is 5.91 Å². The molecule has 0 aliphatic carbocycles. The average molecular weight is 267 g/mol. The van der Waals surface area contributed by atoms with Crippen molar-refractivity contribution >= 4 is 5.91 Å². The van der Waals surface area contributed by atoms with E-state index in [1.807, 2.05) is 24.7 Å². The molecule has 0 unspecified atom stereocenters. The van der Waals surface area contributed by atoms with Gasteiger partial charge in [0.15, 0.2) is 0 Å². The summed E-state index contributed by atoms with van der Waals surface area (Å²) in [5.74, 6) is 0.0262. The minimum atomic E-state index is -0.436. The minimum Gasteiger partial charge on any atom is -0.359 e. The zero-order valence-electron chi connectivity index (χ0n) is 12.7. The lowest BCUT2D eigenvalue weighted by atomic mass is 9.92. The maximum atomic E-state index is 11.6. The van der Waals surface area contributed by atoms with Crippen LogP contribution in [0.25, 0.3) is 0 Å². The smallest absolute Gasteiger partial charge is 0.226 e. The van der Waals surface area contributed by atoms with Gasteiger partial charge in [-0.3, -0.25) is 4.79 Å². The molecule has 0 atom stereocenters. The first kappa shape index (κ1) is 15.6. The standard InChI is InChI=1S/C13H25N5O/c1-12(2,3)18-8-10(16-17-18)7-15-9-13(4,5)11(19)14-6/h8,15H,7,9H2,1-6H3,(H,14,19). The van der Waals surface area contributed by atoms with Crippen molar-refractivity contribution in [3.63, 3.8) is 0 Å². The molecule has 0 saturated carbocycles. The molecule has 0 bridgehead atoms. The number of hydrogen-bond donors (Lipinski definition) is 2. The molecule has 19 heavy (non-hydrogen) atoms. The Morgan fingerprint density at radius 2 is 1.95 bits per heavy atom. The lowest BCUT2D eigenvalue weighted by Gasteiger charge is -2.22. The molecule has 6 nitrogen and oxygen atoms in total. The molecule has 1 aromatic rings. The molecule has 0 aliphatic rings. The molecular formula is C13H25N5O. The van der Waals surface area contributed by atoms with Crippen molar-refractivity contribution in [2.24, 2.45) is 5.41 Å². The summed E-state index contributed by atoms with van der Waals surface area (Å²) >= 11 is 0. The normalized spacial score (nSPS) is 12.5. The SMILES string of the molecule is CNC(=O)C(C)(C)CNCc1cn(C(C)(C)C)nn1. The van der Waals surface area contributed by atoms with Crippen LogP contribution in [-0.2, 0) is 16.9 Å². The monoisotopic (exact) mass is 267 g/mol. The van der Waals surface area contributed by atoms with Crippen molar-refractivity contribution in [1.82, 2.24) is 25.6 Å². The van der Waals surface area contributed by atoms with Crippen LogP contribution in [0.5, 0.6) is 0 Å². The molecule has 0 spiro atoms. The Labute approximate surface area is 115 Å². The third-order valence-corrected chi connectivity index (χ3v) is 2.94. The van der Waals surface area contributed by atoms with Crippen molar-refractivity contribution in [3.05, 3.63) is 11.9 Å². The summed E-state index contributed by atoms with van der Waals surface area (Å²) in [5, 5.41) is 14.1. The number of nitrogens with one attached hydrogen (secondary N) is 2. The molecule has 0 fully saturated rings. The minimum absolute atomic E-state index is 0.0262. The van der Waals surface area contributed by atoms with Crippen molar-refractivity contribution in [2.75, 3.05) is 13.6 Å². The summed E-state index contributed by atoms with van der Waals surface area (Å²) in [4.78, 5) is 11.6. The average Bonchev–Trinajstić information content (AvgIpc) is 2.76. The Hall–Kier alpha value is -1.43. The highest BCUT2D eigenvalue weighted by atomic mass is 16.2. The fourth-order valence-electron chi connectivity index (χ4n) is 1.63. The molecule has 0 aromatic carbocycles. The molecule has 2 N–H and O–H groups in total. The van der Waals surface area contributed by atoms with Crippen LogP contribution in [0.4, 0.5) is 0 Å². The molecular weight excluding hydrogens is 242 g/mol. The van der Waals surface area contributed by atoms with E-state index in [9.17, 15) is 4.79 Å². The molecule has 0 saturated heterocycles. The predicted octanol–water partition coefficient (Wildman–Crippen LogP) is 0.895. The van der Waals surface area contributed by atoms with Gasteiger partial charge >= 0.3 is 0 Å². The molecule has 1 heterocycles. The Morgan fingerprint density at radius 3 is 2.42 bits per heavy atom. The Balaban J connectivity index is 2.50. The van der Waals surface area contributed by atoms with Crippen LogP contribution in [0.2, 0.25) is 0 Å².